The zero-order valence-electron chi connectivity index (χ0n) is 9.17. The summed E-state index contributed by atoms with van der Waals surface area (Å²) in [4.78, 5) is 16.5. The quantitative estimate of drug-likeness (QED) is 0.844. The van der Waals surface area contributed by atoms with E-state index in [1.54, 1.807) is 11.3 Å². The average molecular weight is 251 g/mol. The third kappa shape index (κ3) is 1.94. The number of nitrogens with one attached hydrogen (secondary N) is 1. The minimum Gasteiger partial charge on any atom is -0.480 e. The van der Waals surface area contributed by atoms with Crippen LogP contribution in [-0.4, -0.2) is 33.0 Å². The van der Waals surface area contributed by atoms with Gasteiger partial charge in [-0.25, -0.2) is 4.98 Å². The summed E-state index contributed by atoms with van der Waals surface area (Å²) in [6.07, 6.45) is 5.57. The van der Waals surface area contributed by atoms with Crippen LogP contribution in [0.3, 0.4) is 0 Å². The Hall–Kier alpha value is -1.40. The summed E-state index contributed by atoms with van der Waals surface area (Å²) in [5.41, 5.74) is 1.02. The number of hydrogen-bond donors (Lipinski definition) is 2. The van der Waals surface area contributed by atoms with Gasteiger partial charge in [0.05, 0.1) is 5.69 Å². The van der Waals surface area contributed by atoms with E-state index in [0.717, 1.165) is 23.6 Å². The second kappa shape index (κ2) is 4.12. The third-order valence-electron chi connectivity index (χ3n) is 3.23. The molecule has 2 aromatic heterocycles. The Bertz CT molecular complexity index is 519. The summed E-state index contributed by atoms with van der Waals surface area (Å²) in [5, 5.41) is 14.0. The Kier molecular flexibility index (Phi) is 2.60. The number of carboxylic acid groups (broad SMARTS) is 1. The maximum absolute atomic E-state index is 11.0. The van der Waals surface area contributed by atoms with E-state index >= 15 is 0 Å². The fraction of sp³-hybridized carbons (Fsp3) is 0.455. The standard InChI is InChI=1S/C11H13N3O2S/c15-10(16)8-5-7(1-2-12-8)9-6-14-3-4-17-11(14)13-9/h3-4,6-8,12H,1-2,5H2,(H,15,16). The molecular weight excluding hydrogens is 238 g/mol. The molecule has 17 heavy (non-hydrogen) atoms. The molecule has 0 aliphatic carbocycles. The first kappa shape index (κ1) is 10.7. The van der Waals surface area contributed by atoms with E-state index in [2.05, 4.69) is 10.3 Å². The number of rotatable bonds is 2. The number of fused-ring (bicyclic) bond motifs is 1. The van der Waals surface area contributed by atoms with Gasteiger partial charge in [-0.05, 0) is 19.4 Å². The van der Waals surface area contributed by atoms with Gasteiger partial charge >= 0.3 is 5.97 Å². The molecule has 0 aromatic carbocycles. The molecule has 90 valence electrons. The summed E-state index contributed by atoms with van der Waals surface area (Å²) in [7, 11) is 0. The lowest BCUT2D eigenvalue weighted by molar-refractivity contribution is -0.140. The molecule has 0 radical (unpaired) electrons. The van der Waals surface area contributed by atoms with Crippen molar-refractivity contribution < 1.29 is 9.90 Å². The molecule has 3 rings (SSSR count). The molecule has 3 heterocycles. The number of thiazole rings is 1. The topological polar surface area (TPSA) is 66.6 Å². The van der Waals surface area contributed by atoms with Gasteiger partial charge in [-0.15, -0.1) is 11.3 Å². The third-order valence-corrected chi connectivity index (χ3v) is 4.00. The van der Waals surface area contributed by atoms with Crippen molar-refractivity contribution in [3.8, 4) is 0 Å². The lowest BCUT2D eigenvalue weighted by atomic mass is 9.90. The van der Waals surface area contributed by atoms with Gasteiger partial charge in [-0.1, -0.05) is 0 Å². The van der Waals surface area contributed by atoms with Gasteiger partial charge in [0.15, 0.2) is 4.96 Å². The van der Waals surface area contributed by atoms with Crippen LogP contribution in [0.1, 0.15) is 24.5 Å². The van der Waals surface area contributed by atoms with E-state index in [9.17, 15) is 4.79 Å². The van der Waals surface area contributed by atoms with Crippen LogP contribution in [0.15, 0.2) is 17.8 Å². The Balaban J connectivity index is 1.83. The highest BCUT2D eigenvalue weighted by molar-refractivity contribution is 7.15. The largest absolute Gasteiger partial charge is 0.480 e. The highest BCUT2D eigenvalue weighted by Crippen LogP contribution is 2.28. The van der Waals surface area contributed by atoms with Crippen molar-refractivity contribution in [3.05, 3.63) is 23.5 Å². The Morgan fingerprint density at radius 3 is 3.29 bits per heavy atom. The molecule has 1 fully saturated rings. The van der Waals surface area contributed by atoms with Crippen LogP contribution in [0, 0.1) is 0 Å². The second-order valence-corrected chi connectivity index (χ2v) is 5.20. The van der Waals surface area contributed by atoms with Gasteiger partial charge in [0, 0.05) is 23.7 Å². The second-order valence-electron chi connectivity index (χ2n) is 4.32. The van der Waals surface area contributed by atoms with E-state index in [1.807, 2.05) is 22.2 Å². The van der Waals surface area contributed by atoms with Crippen LogP contribution in [0.25, 0.3) is 4.96 Å². The van der Waals surface area contributed by atoms with Crippen molar-refractivity contribution in [1.29, 1.82) is 0 Å². The summed E-state index contributed by atoms with van der Waals surface area (Å²) in [6, 6.07) is -0.437. The van der Waals surface area contributed by atoms with E-state index < -0.39 is 12.0 Å². The van der Waals surface area contributed by atoms with E-state index in [1.165, 1.54) is 0 Å². The SMILES string of the molecule is O=C(O)C1CC(c2cn3ccsc3n2)CCN1. The number of hydrogen-bond acceptors (Lipinski definition) is 4. The molecule has 0 spiro atoms. The van der Waals surface area contributed by atoms with Gasteiger partial charge < -0.3 is 10.4 Å². The summed E-state index contributed by atoms with van der Waals surface area (Å²) in [5.74, 6) is -0.514. The Labute approximate surface area is 102 Å². The maximum atomic E-state index is 11.0. The van der Waals surface area contributed by atoms with Crippen molar-refractivity contribution in [1.82, 2.24) is 14.7 Å². The maximum Gasteiger partial charge on any atom is 0.320 e. The molecule has 5 nitrogen and oxygen atoms in total. The average Bonchev–Trinajstić information content (AvgIpc) is 2.89. The summed E-state index contributed by atoms with van der Waals surface area (Å²) in [6.45, 7) is 0.743. The first-order valence-corrected chi connectivity index (χ1v) is 6.50. The van der Waals surface area contributed by atoms with Gasteiger partial charge in [0.1, 0.15) is 6.04 Å². The number of imidazole rings is 1. The molecule has 2 N–H and O–H groups in total. The highest BCUT2D eigenvalue weighted by atomic mass is 32.1. The van der Waals surface area contributed by atoms with Gasteiger partial charge in [0.25, 0.3) is 0 Å². The molecule has 1 saturated heterocycles. The number of nitrogens with zero attached hydrogens (tertiary/aromatic N) is 2. The smallest absolute Gasteiger partial charge is 0.320 e. The van der Waals surface area contributed by atoms with Crippen LogP contribution in [-0.2, 0) is 4.79 Å². The fourth-order valence-electron chi connectivity index (χ4n) is 2.32. The Morgan fingerprint density at radius 2 is 2.53 bits per heavy atom. The normalized spacial score (nSPS) is 25.2. The van der Waals surface area contributed by atoms with Crippen molar-refractivity contribution in [2.45, 2.75) is 24.8 Å². The van der Waals surface area contributed by atoms with Crippen molar-refractivity contribution >= 4 is 22.3 Å². The number of aromatic nitrogens is 2. The van der Waals surface area contributed by atoms with E-state index in [4.69, 9.17) is 5.11 Å². The van der Waals surface area contributed by atoms with Crippen LogP contribution in [0.4, 0.5) is 0 Å². The fourth-order valence-corrected chi connectivity index (χ4v) is 3.02. The van der Waals surface area contributed by atoms with Gasteiger partial charge in [-0.2, -0.15) is 0 Å². The zero-order chi connectivity index (χ0) is 11.8. The molecule has 0 bridgehead atoms. The predicted octanol–water partition coefficient (Wildman–Crippen LogP) is 1.32. The molecular formula is C11H13N3O2S. The molecule has 6 heteroatoms. The molecule has 0 amide bonds. The minimum absolute atomic E-state index is 0.254. The molecule has 2 unspecified atom stereocenters. The lowest BCUT2D eigenvalue weighted by Gasteiger charge is -2.26. The molecule has 1 aliphatic heterocycles. The summed E-state index contributed by atoms with van der Waals surface area (Å²) >= 11 is 1.60. The van der Waals surface area contributed by atoms with Crippen LogP contribution in [0.5, 0.6) is 0 Å². The van der Waals surface area contributed by atoms with Gasteiger partial charge in [0.2, 0.25) is 0 Å². The highest BCUT2D eigenvalue weighted by Gasteiger charge is 2.28. The number of carbonyl (C=O) groups is 1. The molecule has 2 atom stereocenters. The van der Waals surface area contributed by atoms with E-state index in [-0.39, 0.29) is 5.92 Å². The number of carboxylic acids is 1. The predicted molar refractivity (Wildman–Crippen MR) is 64.5 cm³/mol. The van der Waals surface area contributed by atoms with E-state index in [0.29, 0.717) is 6.42 Å². The van der Waals surface area contributed by atoms with Crippen molar-refractivity contribution in [3.63, 3.8) is 0 Å². The molecule has 0 saturated carbocycles. The lowest BCUT2D eigenvalue weighted by Crippen LogP contribution is -2.42. The first-order chi connectivity index (χ1) is 8.24. The van der Waals surface area contributed by atoms with Crippen LogP contribution < -0.4 is 5.32 Å². The number of piperidine rings is 1. The van der Waals surface area contributed by atoms with Gasteiger partial charge in [-0.3, -0.25) is 9.20 Å². The van der Waals surface area contributed by atoms with Crippen molar-refractivity contribution in [2.24, 2.45) is 0 Å². The van der Waals surface area contributed by atoms with Crippen LogP contribution >= 0.6 is 11.3 Å². The molecule has 1 aliphatic rings. The first-order valence-electron chi connectivity index (χ1n) is 5.62. The van der Waals surface area contributed by atoms with Crippen LogP contribution in [0.2, 0.25) is 0 Å². The molecule has 2 aromatic rings. The zero-order valence-corrected chi connectivity index (χ0v) is 9.98. The summed E-state index contributed by atoms with van der Waals surface area (Å²) < 4.78 is 2.00. The minimum atomic E-state index is -0.768. The number of aliphatic carboxylic acids is 1. The monoisotopic (exact) mass is 251 g/mol. The van der Waals surface area contributed by atoms with Crippen molar-refractivity contribution in [2.75, 3.05) is 6.54 Å². The Morgan fingerprint density at radius 1 is 1.65 bits per heavy atom.